The maximum Gasteiger partial charge on any atom is 0.326 e. The third-order valence-corrected chi connectivity index (χ3v) is 3.52. The van der Waals surface area contributed by atoms with Crippen molar-refractivity contribution in [2.75, 3.05) is 18.6 Å². The number of nitrogens with one attached hydrogen (secondary N) is 1. The number of thioether (sulfide) groups is 1. The number of hydrogen-bond acceptors (Lipinski definition) is 4. The fraction of sp³-hybridized carbons (Fsp3) is 0.429. The summed E-state index contributed by atoms with van der Waals surface area (Å²) < 4.78 is 5.38. The van der Waals surface area contributed by atoms with Gasteiger partial charge in [-0.1, -0.05) is 17.7 Å². The number of halogens is 1. The van der Waals surface area contributed by atoms with Gasteiger partial charge in [-0.25, -0.2) is 4.79 Å². The van der Waals surface area contributed by atoms with Gasteiger partial charge in [-0.05, 0) is 36.6 Å². The average Bonchev–Trinajstić information content (AvgIpc) is 2.43. The second-order valence-corrected chi connectivity index (χ2v) is 5.72. The molecule has 7 heteroatoms. The molecule has 116 valence electrons. The van der Waals surface area contributed by atoms with Gasteiger partial charge >= 0.3 is 5.97 Å². The van der Waals surface area contributed by atoms with Crippen LogP contribution in [0, 0.1) is 0 Å². The summed E-state index contributed by atoms with van der Waals surface area (Å²) in [4.78, 5) is 22.7. The van der Waals surface area contributed by atoms with Crippen LogP contribution in [0.2, 0.25) is 5.02 Å². The van der Waals surface area contributed by atoms with E-state index in [-0.39, 0.29) is 18.9 Å². The largest absolute Gasteiger partial charge is 0.493 e. The zero-order valence-corrected chi connectivity index (χ0v) is 13.2. The minimum atomic E-state index is -1.02. The van der Waals surface area contributed by atoms with Crippen LogP contribution in [0.3, 0.4) is 0 Å². The number of carbonyl (C=O) groups excluding carboxylic acids is 1. The van der Waals surface area contributed by atoms with Gasteiger partial charge in [-0.15, -0.1) is 0 Å². The lowest BCUT2D eigenvalue weighted by atomic mass is 10.2. The Hall–Kier alpha value is -1.40. The molecule has 0 saturated carbocycles. The number of hydrogen-bond donors (Lipinski definition) is 2. The molecule has 0 radical (unpaired) electrons. The highest BCUT2D eigenvalue weighted by Crippen LogP contribution is 2.17. The predicted octanol–water partition coefficient (Wildman–Crippen LogP) is 2.43. The Morgan fingerprint density at radius 2 is 2.24 bits per heavy atom. The van der Waals surface area contributed by atoms with E-state index in [1.807, 2.05) is 6.26 Å². The van der Waals surface area contributed by atoms with Gasteiger partial charge in [-0.2, -0.15) is 11.8 Å². The molecule has 1 aromatic rings. The van der Waals surface area contributed by atoms with Crippen molar-refractivity contribution in [3.8, 4) is 5.75 Å². The topological polar surface area (TPSA) is 75.6 Å². The summed E-state index contributed by atoms with van der Waals surface area (Å²) in [5.41, 5.74) is 0. The quantitative estimate of drug-likeness (QED) is 0.727. The SMILES string of the molecule is CSCC[C@H](NC(=O)CCOc1cccc(Cl)c1)C(=O)O. The van der Waals surface area contributed by atoms with Crippen molar-refractivity contribution in [2.45, 2.75) is 18.9 Å². The number of aliphatic carboxylic acids is 1. The second-order valence-electron chi connectivity index (χ2n) is 4.30. The first-order valence-electron chi connectivity index (χ1n) is 6.42. The number of carboxylic acid groups (broad SMARTS) is 1. The summed E-state index contributed by atoms with van der Waals surface area (Å²) in [6.07, 6.45) is 2.38. The lowest BCUT2D eigenvalue weighted by molar-refractivity contribution is -0.141. The number of carboxylic acids is 1. The summed E-state index contributed by atoms with van der Waals surface area (Å²) in [6.45, 7) is 0.168. The summed E-state index contributed by atoms with van der Waals surface area (Å²) >= 11 is 7.35. The third-order valence-electron chi connectivity index (χ3n) is 2.64. The van der Waals surface area contributed by atoms with Crippen LogP contribution >= 0.6 is 23.4 Å². The highest BCUT2D eigenvalue weighted by Gasteiger charge is 2.19. The smallest absolute Gasteiger partial charge is 0.326 e. The first-order valence-corrected chi connectivity index (χ1v) is 8.19. The van der Waals surface area contributed by atoms with Crippen molar-refractivity contribution in [1.82, 2.24) is 5.32 Å². The van der Waals surface area contributed by atoms with Crippen molar-refractivity contribution in [2.24, 2.45) is 0 Å². The Morgan fingerprint density at radius 1 is 1.48 bits per heavy atom. The average molecular weight is 332 g/mol. The Labute approximate surface area is 133 Å². The zero-order chi connectivity index (χ0) is 15.7. The lowest BCUT2D eigenvalue weighted by Crippen LogP contribution is -2.41. The van der Waals surface area contributed by atoms with Crippen LogP contribution in [-0.2, 0) is 9.59 Å². The molecule has 0 spiro atoms. The Morgan fingerprint density at radius 3 is 2.86 bits per heavy atom. The summed E-state index contributed by atoms with van der Waals surface area (Å²) in [5.74, 6) is -0.109. The van der Waals surface area contributed by atoms with Gasteiger partial charge in [0.1, 0.15) is 11.8 Å². The van der Waals surface area contributed by atoms with E-state index in [2.05, 4.69) is 5.32 Å². The molecule has 0 aliphatic rings. The van der Waals surface area contributed by atoms with Gasteiger partial charge in [0.25, 0.3) is 0 Å². The summed E-state index contributed by atoms with van der Waals surface area (Å²) in [7, 11) is 0. The number of rotatable bonds is 9. The molecule has 0 aliphatic carbocycles. The fourth-order valence-corrected chi connectivity index (χ4v) is 2.23. The highest BCUT2D eigenvalue weighted by molar-refractivity contribution is 7.98. The molecule has 1 rings (SSSR count). The maximum absolute atomic E-state index is 11.7. The molecule has 0 unspecified atom stereocenters. The normalized spacial score (nSPS) is 11.7. The molecule has 2 N–H and O–H groups in total. The molecule has 0 saturated heterocycles. The Balaban J connectivity index is 2.34. The monoisotopic (exact) mass is 331 g/mol. The highest BCUT2D eigenvalue weighted by atomic mass is 35.5. The molecule has 0 fully saturated rings. The first kappa shape index (κ1) is 17.7. The van der Waals surface area contributed by atoms with Crippen molar-refractivity contribution in [3.05, 3.63) is 29.3 Å². The van der Waals surface area contributed by atoms with E-state index in [4.69, 9.17) is 21.4 Å². The van der Waals surface area contributed by atoms with Crippen molar-refractivity contribution >= 4 is 35.2 Å². The van der Waals surface area contributed by atoms with E-state index in [9.17, 15) is 9.59 Å². The van der Waals surface area contributed by atoms with Crippen molar-refractivity contribution in [3.63, 3.8) is 0 Å². The maximum atomic E-state index is 11.7. The summed E-state index contributed by atoms with van der Waals surface area (Å²) in [6, 6.07) is 6.02. The van der Waals surface area contributed by atoms with Gasteiger partial charge in [0, 0.05) is 5.02 Å². The van der Waals surface area contributed by atoms with Gasteiger partial charge in [0.2, 0.25) is 5.91 Å². The van der Waals surface area contributed by atoms with E-state index in [0.29, 0.717) is 22.9 Å². The van der Waals surface area contributed by atoms with Crippen LogP contribution < -0.4 is 10.1 Å². The standard InChI is InChI=1S/C14H18ClNO4S/c1-21-8-6-12(14(18)19)16-13(17)5-7-20-11-4-2-3-10(15)9-11/h2-4,9,12H,5-8H2,1H3,(H,16,17)(H,18,19)/t12-/m0/s1. The number of ether oxygens (including phenoxy) is 1. The molecular formula is C14H18ClNO4S. The van der Waals surface area contributed by atoms with Crippen LogP contribution in [0.1, 0.15) is 12.8 Å². The number of carbonyl (C=O) groups is 2. The van der Waals surface area contributed by atoms with Crippen LogP contribution in [0.25, 0.3) is 0 Å². The van der Waals surface area contributed by atoms with Gasteiger partial charge in [0.05, 0.1) is 13.0 Å². The molecule has 5 nitrogen and oxygen atoms in total. The van der Waals surface area contributed by atoms with Gasteiger partial charge in [-0.3, -0.25) is 4.79 Å². The molecule has 1 atom stereocenters. The second kappa shape index (κ2) is 9.52. The first-order chi connectivity index (χ1) is 10.0. The van der Waals surface area contributed by atoms with E-state index in [0.717, 1.165) is 0 Å². The van der Waals surface area contributed by atoms with Crippen LogP contribution in [0.15, 0.2) is 24.3 Å². The van der Waals surface area contributed by atoms with Crippen molar-refractivity contribution in [1.29, 1.82) is 0 Å². The molecule has 0 aromatic heterocycles. The summed E-state index contributed by atoms with van der Waals surface area (Å²) in [5, 5.41) is 12.1. The molecule has 1 aromatic carbocycles. The Kier molecular flexibility index (Phi) is 8.00. The zero-order valence-electron chi connectivity index (χ0n) is 11.7. The number of benzene rings is 1. The Bertz CT molecular complexity index is 484. The van der Waals surface area contributed by atoms with E-state index >= 15 is 0 Å². The van der Waals surface area contributed by atoms with E-state index in [1.165, 1.54) is 11.8 Å². The minimum absolute atomic E-state index is 0.0928. The molecular weight excluding hydrogens is 314 g/mol. The van der Waals surface area contributed by atoms with Gasteiger partial charge < -0.3 is 15.2 Å². The van der Waals surface area contributed by atoms with Crippen LogP contribution in [0.4, 0.5) is 0 Å². The molecule has 21 heavy (non-hydrogen) atoms. The van der Waals surface area contributed by atoms with E-state index in [1.54, 1.807) is 24.3 Å². The molecule has 0 heterocycles. The third kappa shape index (κ3) is 7.24. The number of amides is 1. The molecule has 0 bridgehead atoms. The minimum Gasteiger partial charge on any atom is -0.493 e. The van der Waals surface area contributed by atoms with Crippen molar-refractivity contribution < 1.29 is 19.4 Å². The molecule has 1 amide bonds. The van der Waals surface area contributed by atoms with E-state index < -0.39 is 12.0 Å². The van der Waals surface area contributed by atoms with Crippen LogP contribution in [-0.4, -0.2) is 41.6 Å². The fourth-order valence-electron chi connectivity index (χ4n) is 1.58. The lowest BCUT2D eigenvalue weighted by Gasteiger charge is -2.14. The van der Waals surface area contributed by atoms with Gasteiger partial charge in [0.15, 0.2) is 0 Å². The predicted molar refractivity (Wildman–Crippen MR) is 84.1 cm³/mol. The van der Waals surface area contributed by atoms with Crippen LogP contribution in [0.5, 0.6) is 5.75 Å². The molecule has 0 aliphatic heterocycles.